The van der Waals surface area contributed by atoms with Crippen LogP contribution in [0.3, 0.4) is 0 Å². The zero-order chi connectivity index (χ0) is 37.8. The summed E-state index contributed by atoms with van der Waals surface area (Å²) in [6, 6.07) is 29.7. The Balaban J connectivity index is 1.44. The van der Waals surface area contributed by atoms with Crippen molar-refractivity contribution in [1.82, 2.24) is 34.5 Å². The van der Waals surface area contributed by atoms with E-state index in [1.165, 1.54) is 21.5 Å². The van der Waals surface area contributed by atoms with E-state index in [-0.39, 0.29) is 35.9 Å². The molecule has 2 aromatic heterocycles. The number of nitrogens with one attached hydrogen (secondary N) is 1. The van der Waals surface area contributed by atoms with Crippen molar-refractivity contribution in [3.05, 3.63) is 126 Å². The number of rotatable bonds is 14. The van der Waals surface area contributed by atoms with Gasteiger partial charge in [-0.25, -0.2) is 17.6 Å². The highest BCUT2D eigenvalue weighted by Crippen LogP contribution is 2.42. The molecule has 14 nitrogen and oxygen atoms in total. The third-order valence-corrected chi connectivity index (χ3v) is 11.6. The predicted octanol–water partition coefficient (Wildman–Crippen LogP) is 5.93. The lowest BCUT2D eigenvalue weighted by atomic mass is 9.98. The summed E-state index contributed by atoms with van der Waals surface area (Å²) in [7, 11) is 0.0203. The molecule has 54 heavy (non-hydrogen) atoms. The van der Waals surface area contributed by atoms with E-state index in [2.05, 4.69) is 25.4 Å². The second-order valence-corrected chi connectivity index (χ2v) is 14.9. The van der Waals surface area contributed by atoms with Crippen molar-refractivity contribution in [1.29, 1.82) is 0 Å². The van der Waals surface area contributed by atoms with Gasteiger partial charge in [0.05, 0.1) is 55.7 Å². The number of ether oxygens (including phenoxy) is 3. The van der Waals surface area contributed by atoms with Gasteiger partial charge in [-0.3, -0.25) is 0 Å². The van der Waals surface area contributed by atoms with E-state index >= 15 is 8.42 Å². The molecule has 0 spiro atoms. The average molecular weight is 766 g/mol. The minimum Gasteiger partial charge on any atom is -0.497 e. The van der Waals surface area contributed by atoms with Gasteiger partial charge in [0, 0.05) is 18.7 Å². The third kappa shape index (κ3) is 7.45. The van der Waals surface area contributed by atoms with E-state index in [9.17, 15) is 8.76 Å². The number of hydrogen-bond donors (Lipinski definition) is 2. The monoisotopic (exact) mass is 765 g/mol. The SMILES string of the molecule is COc1ccc(CN(Cc2ccc(OC)cc2)S(=O)(=O)c2c(S(=O)O)ccc(-c3cccc4[nH]cnc34)c2-c2nnn(Cc3ccc(OC)cc3)n2)cc1. The van der Waals surface area contributed by atoms with Crippen LogP contribution in [0.2, 0.25) is 0 Å². The van der Waals surface area contributed by atoms with Crippen LogP contribution in [-0.2, 0) is 40.7 Å². The van der Waals surface area contributed by atoms with Gasteiger partial charge in [-0.15, -0.1) is 10.2 Å². The highest BCUT2D eigenvalue weighted by atomic mass is 32.2. The summed E-state index contributed by atoms with van der Waals surface area (Å²) in [5.74, 6) is 1.83. The second kappa shape index (κ2) is 15.6. The summed E-state index contributed by atoms with van der Waals surface area (Å²) >= 11 is -2.76. The molecule has 2 N–H and O–H groups in total. The van der Waals surface area contributed by atoms with Crippen LogP contribution in [0.5, 0.6) is 17.2 Å². The Bertz CT molecular complexity index is 2490. The van der Waals surface area contributed by atoms with Crippen molar-refractivity contribution < 1.29 is 31.4 Å². The number of aromatic amines is 1. The number of H-pyrrole nitrogens is 1. The van der Waals surface area contributed by atoms with E-state index in [0.717, 1.165) is 5.56 Å². The first-order chi connectivity index (χ1) is 26.2. The second-order valence-electron chi connectivity index (χ2n) is 12.1. The lowest BCUT2D eigenvalue weighted by molar-refractivity contribution is 0.396. The highest BCUT2D eigenvalue weighted by molar-refractivity contribution is 7.90. The van der Waals surface area contributed by atoms with Crippen LogP contribution in [0, 0.1) is 0 Å². The maximum absolute atomic E-state index is 15.4. The number of fused-ring (bicyclic) bond motifs is 1. The number of methoxy groups -OCH3 is 3. The van der Waals surface area contributed by atoms with Crippen molar-refractivity contribution in [3.63, 3.8) is 0 Å². The summed E-state index contributed by atoms with van der Waals surface area (Å²) in [4.78, 5) is 8.16. The molecule has 0 aliphatic carbocycles. The fourth-order valence-corrected chi connectivity index (χ4v) is 8.77. The van der Waals surface area contributed by atoms with Crippen LogP contribution < -0.4 is 14.2 Å². The molecule has 5 aromatic carbocycles. The van der Waals surface area contributed by atoms with Crippen LogP contribution in [-0.4, -0.2) is 73.0 Å². The maximum Gasteiger partial charge on any atom is 0.245 e. The largest absolute Gasteiger partial charge is 0.497 e. The van der Waals surface area contributed by atoms with Gasteiger partial charge in [0.15, 0.2) is 11.1 Å². The molecule has 16 heteroatoms. The summed E-state index contributed by atoms with van der Waals surface area (Å²) in [5.41, 5.74) is 4.33. The summed E-state index contributed by atoms with van der Waals surface area (Å²) < 4.78 is 71.8. The first-order valence-electron chi connectivity index (χ1n) is 16.6. The molecule has 0 amide bonds. The Morgan fingerprint density at radius 1 is 0.759 bits per heavy atom. The Labute approximate surface area is 313 Å². The number of imidazole rings is 1. The van der Waals surface area contributed by atoms with Gasteiger partial charge in [-0.1, -0.05) is 54.6 Å². The van der Waals surface area contributed by atoms with Crippen LogP contribution in [0.4, 0.5) is 0 Å². The molecule has 0 bridgehead atoms. The predicted molar refractivity (Wildman–Crippen MR) is 202 cm³/mol. The first kappa shape index (κ1) is 36.4. The number of hydrogen-bond acceptors (Lipinski definition) is 10. The number of para-hydroxylation sites is 1. The molecule has 0 saturated heterocycles. The fraction of sp³-hybridized carbons (Fsp3) is 0.158. The zero-order valence-corrected chi connectivity index (χ0v) is 31.0. The van der Waals surface area contributed by atoms with Crippen LogP contribution in [0.25, 0.3) is 33.5 Å². The van der Waals surface area contributed by atoms with Crippen molar-refractivity contribution >= 4 is 32.1 Å². The molecular formula is C38H35N7O7S2. The van der Waals surface area contributed by atoms with Gasteiger partial charge >= 0.3 is 0 Å². The van der Waals surface area contributed by atoms with Gasteiger partial charge in [0.2, 0.25) is 15.8 Å². The minimum absolute atomic E-state index is 0.000780. The van der Waals surface area contributed by atoms with Gasteiger partial charge < -0.3 is 23.7 Å². The summed E-state index contributed by atoms with van der Waals surface area (Å²) in [5, 5.41) is 13.3. The van der Waals surface area contributed by atoms with Crippen molar-refractivity contribution in [2.45, 2.75) is 29.4 Å². The Morgan fingerprint density at radius 2 is 1.33 bits per heavy atom. The molecule has 0 radical (unpaired) electrons. The van der Waals surface area contributed by atoms with E-state index in [0.29, 0.717) is 50.5 Å². The smallest absolute Gasteiger partial charge is 0.245 e. The van der Waals surface area contributed by atoms with Crippen molar-refractivity contribution in [2.75, 3.05) is 21.3 Å². The van der Waals surface area contributed by atoms with Crippen LogP contribution in [0.15, 0.2) is 119 Å². The molecule has 0 fully saturated rings. The van der Waals surface area contributed by atoms with Crippen molar-refractivity contribution in [2.24, 2.45) is 0 Å². The molecule has 276 valence electrons. The van der Waals surface area contributed by atoms with Crippen LogP contribution in [0.1, 0.15) is 16.7 Å². The molecule has 1 unspecified atom stereocenters. The number of benzene rings is 5. The number of aromatic nitrogens is 6. The molecular weight excluding hydrogens is 731 g/mol. The molecule has 0 aliphatic rings. The topological polar surface area (TPSA) is 175 Å². The van der Waals surface area contributed by atoms with Gasteiger partial charge in [0.1, 0.15) is 22.1 Å². The van der Waals surface area contributed by atoms with Gasteiger partial charge in [-0.05, 0) is 76.0 Å². The normalized spacial score (nSPS) is 12.2. The minimum atomic E-state index is -4.65. The molecule has 1 atom stereocenters. The molecule has 0 aliphatic heterocycles. The van der Waals surface area contributed by atoms with Gasteiger partial charge in [0.25, 0.3) is 0 Å². The lowest BCUT2D eigenvalue weighted by Crippen LogP contribution is -2.31. The molecule has 2 heterocycles. The summed E-state index contributed by atoms with van der Waals surface area (Å²) in [6.07, 6.45) is 1.54. The fourth-order valence-electron chi connectivity index (χ4n) is 6.12. The average Bonchev–Trinajstić information content (AvgIpc) is 3.88. The Morgan fingerprint density at radius 3 is 1.89 bits per heavy atom. The van der Waals surface area contributed by atoms with Crippen LogP contribution >= 0.6 is 0 Å². The maximum atomic E-state index is 15.4. The highest BCUT2D eigenvalue weighted by Gasteiger charge is 2.36. The lowest BCUT2D eigenvalue weighted by Gasteiger charge is -2.25. The molecule has 7 aromatic rings. The Kier molecular flexibility index (Phi) is 10.5. The number of nitrogens with zero attached hydrogens (tertiary/aromatic N) is 6. The number of sulfonamides is 1. The number of tetrazole rings is 1. The molecule has 0 saturated carbocycles. The first-order valence-corrected chi connectivity index (χ1v) is 19.1. The van der Waals surface area contributed by atoms with E-state index in [4.69, 9.17) is 14.2 Å². The van der Waals surface area contributed by atoms with Gasteiger partial charge in [-0.2, -0.15) is 9.10 Å². The molecule has 7 rings (SSSR count). The van der Waals surface area contributed by atoms with E-state index in [1.54, 1.807) is 100 Å². The standard InChI is InChI=1S/C38H35N7O7S2/c1-50-28-13-7-25(8-14-28)21-44(22-26-9-15-29(51-2)16-10-26)54(48,49)37-34(53(46)47)20-19-31(32-5-4-6-33-36(32)40-24-39-33)35(37)38-41-43-45(42-38)23-27-11-17-30(52-3)18-12-27/h4-20,24H,21-23H2,1-3H3,(H,39,40)(H,46,47). The van der Waals surface area contributed by atoms with Crippen molar-refractivity contribution in [3.8, 4) is 39.8 Å². The third-order valence-electron chi connectivity index (χ3n) is 8.84. The zero-order valence-electron chi connectivity index (χ0n) is 29.4. The summed E-state index contributed by atoms with van der Waals surface area (Å²) in [6.45, 7) is 0.0220. The van der Waals surface area contributed by atoms with E-state index < -0.39 is 26.0 Å². The Hall–Kier alpha value is -5.94. The van der Waals surface area contributed by atoms with E-state index in [1.807, 2.05) is 18.2 Å². The quantitative estimate of drug-likeness (QED) is 0.126.